The second-order valence-electron chi connectivity index (χ2n) is 3.18. The lowest BCUT2D eigenvalue weighted by molar-refractivity contribution is 0.548. The van der Waals surface area contributed by atoms with E-state index in [0.29, 0.717) is 18.8 Å². The van der Waals surface area contributed by atoms with Gasteiger partial charge in [0.2, 0.25) is 10.0 Å². The van der Waals surface area contributed by atoms with Gasteiger partial charge in [-0.2, -0.15) is 4.72 Å². The number of terminal acetylenes is 1. The molecule has 0 radical (unpaired) electrons. The molecule has 1 N–H and O–H groups in total. The Hall–Kier alpha value is -0.630. The van der Waals surface area contributed by atoms with Crippen LogP contribution in [0, 0.1) is 12.3 Å². The second-order valence-corrected chi connectivity index (χ2v) is 9.50. The Morgan fingerprint density at radius 3 is 1.31 bits per heavy atom. The summed E-state index contributed by atoms with van der Waals surface area (Å²) in [6.45, 7) is 0. The van der Waals surface area contributed by atoms with Gasteiger partial charge in [-0.1, -0.05) is 5.92 Å². The van der Waals surface area contributed by atoms with Gasteiger partial charge in [-0.05, 0) is 0 Å². The van der Waals surface area contributed by atoms with Gasteiger partial charge in [0.05, 0.1) is 6.26 Å². The zero-order valence-corrected chi connectivity index (χ0v) is 11.2. The molecule has 0 atom stereocenters. The van der Waals surface area contributed by atoms with Crippen molar-refractivity contribution in [2.45, 2.75) is 4.20 Å². The fraction of sp³-hybridized carbons (Fsp3) is 0.667. The fourth-order valence-corrected chi connectivity index (χ4v) is 6.21. The van der Waals surface area contributed by atoms with E-state index >= 15 is 0 Å². The summed E-state index contributed by atoms with van der Waals surface area (Å²) < 4.78 is 65.9. The van der Waals surface area contributed by atoms with Gasteiger partial charge in [0, 0.05) is 12.5 Å². The van der Waals surface area contributed by atoms with Crippen molar-refractivity contribution in [3.63, 3.8) is 0 Å². The highest BCUT2D eigenvalue weighted by Crippen LogP contribution is 2.20. The molecule has 0 fully saturated rings. The van der Waals surface area contributed by atoms with Crippen LogP contribution in [0.15, 0.2) is 0 Å². The average molecular weight is 289 g/mol. The second kappa shape index (κ2) is 3.99. The Morgan fingerprint density at radius 2 is 1.25 bits per heavy atom. The molecule has 94 valence electrons. The van der Waals surface area contributed by atoms with Gasteiger partial charge >= 0.3 is 0 Å². The lowest BCUT2D eigenvalue weighted by Gasteiger charge is -2.24. The molecular formula is C6H11NO6S3. The first kappa shape index (κ1) is 15.4. The fourth-order valence-electron chi connectivity index (χ4n) is 0.914. The molecule has 0 aromatic carbocycles. The highest BCUT2D eigenvalue weighted by Gasteiger charge is 2.51. The summed E-state index contributed by atoms with van der Waals surface area (Å²) in [5, 5.41) is 0. The number of sulfonamides is 1. The quantitative estimate of drug-likeness (QED) is 0.594. The van der Waals surface area contributed by atoms with Crippen LogP contribution >= 0.6 is 0 Å². The lowest BCUT2D eigenvalue weighted by atomic mass is 10.7. The number of nitrogens with one attached hydrogen (secondary N) is 1. The van der Waals surface area contributed by atoms with Crippen LogP contribution in [0.2, 0.25) is 0 Å². The van der Waals surface area contributed by atoms with Crippen LogP contribution in [-0.4, -0.2) is 48.2 Å². The average Bonchev–Trinajstić information content (AvgIpc) is 1.93. The van der Waals surface area contributed by atoms with E-state index in [0.717, 1.165) is 0 Å². The van der Waals surface area contributed by atoms with Gasteiger partial charge in [0.25, 0.3) is 4.20 Å². The van der Waals surface area contributed by atoms with Crippen LogP contribution in [0.25, 0.3) is 0 Å². The molecule has 0 saturated heterocycles. The molecule has 0 aliphatic rings. The molecule has 0 amide bonds. The molecule has 0 rings (SSSR count). The first-order chi connectivity index (χ1) is 6.77. The van der Waals surface area contributed by atoms with E-state index in [2.05, 4.69) is 0 Å². The molecule has 0 aliphatic heterocycles. The number of sulfone groups is 2. The van der Waals surface area contributed by atoms with Crippen molar-refractivity contribution in [1.29, 1.82) is 0 Å². The Labute approximate surface area is 95.1 Å². The maximum absolute atomic E-state index is 11.4. The Bertz CT molecular complexity index is 586. The van der Waals surface area contributed by atoms with Crippen molar-refractivity contribution in [2.24, 2.45) is 0 Å². The van der Waals surface area contributed by atoms with Crippen molar-refractivity contribution in [1.82, 2.24) is 4.72 Å². The van der Waals surface area contributed by atoms with Crippen molar-refractivity contribution in [3.8, 4) is 12.3 Å². The number of hydrogen-bond acceptors (Lipinski definition) is 6. The zero-order chi connectivity index (χ0) is 13.4. The summed E-state index contributed by atoms with van der Waals surface area (Å²) in [4.78, 5) is 0. The van der Waals surface area contributed by atoms with Gasteiger partial charge in [-0.3, -0.25) is 0 Å². The van der Waals surface area contributed by atoms with E-state index in [9.17, 15) is 25.3 Å². The smallest absolute Gasteiger partial charge is 0.225 e. The molecule has 0 saturated carbocycles. The van der Waals surface area contributed by atoms with Crippen LogP contribution in [-0.2, 0) is 29.7 Å². The highest BCUT2D eigenvalue weighted by molar-refractivity contribution is 8.11. The van der Waals surface area contributed by atoms with Crippen LogP contribution in [0.1, 0.15) is 0 Å². The zero-order valence-electron chi connectivity index (χ0n) is 8.75. The van der Waals surface area contributed by atoms with Crippen molar-refractivity contribution >= 4 is 29.7 Å². The van der Waals surface area contributed by atoms with E-state index in [4.69, 9.17) is 6.42 Å². The summed E-state index contributed by atoms with van der Waals surface area (Å²) in [5.41, 5.74) is 0. The third-order valence-electron chi connectivity index (χ3n) is 1.55. The van der Waals surface area contributed by atoms with Gasteiger partial charge in [-0.25, -0.2) is 25.3 Å². The summed E-state index contributed by atoms with van der Waals surface area (Å²) in [5.74, 6) is 1.49. The molecule has 10 heteroatoms. The van der Waals surface area contributed by atoms with E-state index < -0.39 is 33.9 Å². The van der Waals surface area contributed by atoms with Gasteiger partial charge in [0.15, 0.2) is 19.7 Å². The molecule has 16 heavy (non-hydrogen) atoms. The molecule has 0 heterocycles. The Balaban J connectivity index is 6.28. The van der Waals surface area contributed by atoms with Crippen LogP contribution in [0.5, 0.6) is 0 Å². The minimum atomic E-state index is -4.38. The molecule has 0 aromatic rings. The van der Waals surface area contributed by atoms with E-state index in [-0.39, 0.29) is 0 Å². The van der Waals surface area contributed by atoms with Crippen molar-refractivity contribution < 1.29 is 25.3 Å². The summed E-state index contributed by atoms with van der Waals surface area (Å²) >= 11 is 0. The monoisotopic (exact) mass is 289 g/mol. The van der Waals surface area contributed by atoms with E-state index in [1.807, 2.05) is 0 Å². The van der Waals surface area contributed by atoms with E-state index in [1.54, 1.807) is 0 Å². The van der Waals surface area contributed by atoms with E-state index in [1.165, 1.54) is 10.6 Å². The first-order valence-electron chi connectivity index (χ1n) is 3.63. The van der Waals surface area contributed by atoms with Gasteiger partial charge in [0.1, 0.15) is 0 Å². The lowest BCUT2D eigenvalue weighted by Crippen LogP contribution is -2.57. The number of rotatable bonds is 4. The van der Waals surface area contributed by atoms with Crippen molar-refractivity contribution in [3.05, 3.63) is 0 Å². The SMILES string of the molecule is C#CC(NS(C)(=O)=O)(S(C)(=O)=O)S(C)(=O)=O. The minimum absolute atomic E-state index is 0.534. The van der Waals surface area contributed by atoms with Crippen molar-refractivity contribution in [2.75, 3.05) is 18.8 Å². The minimum Gasteiger partial charge on any atom is -0.225 e. The third-order valence-corrected chi connectivity index (χ3v) is 6.83. The topological polar surface area (TPSA) is 114 Å². The van der Waals surface area contributed by atoms with Crippen LogP contribution in [0.3, 0.4) is 0 Å². The molecule has 0 unspecified atom stereocenters. The molecule has 0 bridgehead atoms. The van der Waals surface area contributed by atoms with Gasteiger partial charge < -0.3 is 0 Å². The largest absolute Gasteiger partial charge is 0.296 e. The maximum atomic E-state index is 11.4. The normalized spacial score (nSPS) is 14.4. The molecule has 0 aliphatic carbocycles. The molecule has 0 aromatic heterocycles. The maximum Gasteiger partial charge on any atom is 0.296 e. The molecule has 0 spiro atoms. The molecule has 7 nitrogen and oxygen atoms in total. The third kappa shape index (κ3) is 2.94. The summed E-state index contributed by atoms with van der Waals surface area (Å²) in [6.07, 6.45) is 6.53. The van der Waals surface area contributed by atoms with Crippen LogP contribution < -0.4 is 4.72 Å². The van der Waals surface area contributed by atoms with Gasteiger partial charge in [-0.15, -0.1) is 6.42 Å². The standard InChI is InChI=1S/C6H11NO6S3/c1-5-6(14(2,8)9,15(3,10)11)7-16(4,12)13/h1,7H,2-4H3. The summed E-state index contributed by atoms with van der Waals surface area (Å²) in [7, 11) is -12.9. The summed E-state index contributed by atoms with van der Waals surface area (Å²) in [6, 6.07) is 0. The first-order valence-corrected chi connectivity index (χ1v) is 9.30. The highest BCUT2D eigenvalue weighted by atomic mass is 32.3. The Kier molecular flexibility index (Phi) is 3.83. The Morgan fingerprint density at radius 1 is 0.938 bits per heavy atom. The number of hydrogen-bond donors (Lipinski definition) is 1. The van der Waals surface area contributed by atoms with Crippen LogP contribution in [0.4, 0.5) is 0 Å². The predicted molar refractivity (Wildman–Crippen MR) is 59.2 cm³/mol. The molecular weight excluding hydrogens is 278 g/mol. The predicted octanol–water partition coefficient (Wildman–Crippen LogP) is -2.09.